The lowest BCUT2D eigenvalue weighted by Gasteiger charge is -2.37. The minimum absolute atomic E-state index is 0.0456. The van der Waals surface area contributed by atoms with E-state index in [1.54, 1.807) is 0 Å². The zero-order valence-corrected chi connectivity index (χ0v) is 15.1. The van der Waals surface area contributed by atoms with Crippen LogP contribution in [0.5, 0.6) is 0 Å². The summed E-state index contributed by atoms with van der Waals surface area (Å²) in [6.07, 6.45) is 4.07. The van der Waals surface area contributed by atoms with Crippen molar-refractivity contribution in [2.75, 3.05) is 29.9 Å². The number of anilines is 2. The second-order valence-corrected chi connectivity index (χ2v) is 7.54. The van der Waals surface area contributed by atoms with E-state index in [1.165, 1.54) is 0 Å². The summed E-state index contributed by atoms with van der Waals surface area (Å²) in [6.45, 7) is 8.50. The van der Waals surface area contributed by atoms with Crippen LogP contribution in [0.25, 0.3) is 0 Å². The smallest absolute Gasteiger partial charge is 0.151 e. The molecule has 0 atom stereocenters. The average molecular weight is 325 g/mol. The molecule has 1 aliphatic heterocycles. The van der Waals surface area contributed by atoms with Crippen molar-refractivity contribution in [1.82, 2.24) is 15.2 Å². The Morgan fingerprint density at radius 3 is 2.33 bits per heavy atom. The van der Waals surface area contributed by atoms with E-state index < -0.39 is 0 Å². The summed E-state index contributed by atoms with van der Waals surface area (Å²) in [5.74, 6) is 2.03. The van der Waals surface area contributed by atoms with Crippen molar-refractivity contribution >= 4 is 11.6 Å². The molecule has 0 aliphatic carbocycles. The molecular weight excluding hydrogens is 298 g/mol. The van der Waals surface area contributed by atoms with Gasteiger partial charge in [0, 0.05) is 37.8 Å². The van der Waals surface area contributed by atoms with E-state index in [2.05, 4.69) is 71.0 Å². The molecule has 0 unspecified atom stereocenters. The monoisotopic (exact) mass is 325 g/mol. The molecule has 0 saturated carbocycles. The zero-order valence-electron chi connectivity index (χ0n) is 15.1. The lowest BCUT2D eigenvalue weighted by atomic mass is 9.92. The first-order valence-corrected chi connectivity index (χ1v) is 8.68. The number of nitrogens with zero attached hydrogens (tertiary/aromatic N) is 5. The fourth-order valence-corrected chi connectivity index (χ4v) is 3.13. The van der Waals surface area contributed by atoms with Crippen molar-refractivity contribution in [3.8, 4) is 0 Å². The van der Waals surface area contributed by atoms with Gasteiger partial charge in [-0.1, -0.05) is 26.8 Å². The van der Waals surface area contributed by atoms with E-state index in [9.17, 15) is 0 Å². The van der Waals surface area contributed by atoms with Gasteiger partial charge in [0.25, 0.3) is 0 Å². The van der Waals surface area contributed by atoms with Crippen molar-refractivity contribution in [2.45, 2.75) is 45.1 Å². The normalized spacial score (nSPS) is 16.2. The second kappa shape index (κ2) is 6.75. The molecule has 2 aromatic rings. The third kappa shape index (κ3) is 3.66. The van der Waals surface area contributed by atoms with Crippen molar-refractivity contribution in [3.63, 3.8) is 0 Å². The largest absolute Gasteiger partial charge is 0.357 e. The fourth-order valence-electron chi connectivity index (χ4n) is 3.13. The molecule has 24 heavy (non-hydrogen) atoms. The average Bonchev–Trinajstić information content (AvgIpc) is 2.61. The first-order valence-electron chi connectivity index (χ1n) is 8.68. The molecule has 3 rings (SSSR count). The summed E-state index contributed by atoms with van der Waals surface area (Å²) in [7, 11) is 2.14. The van der Waals surface area contributed by atoms with E-state index >= 15 is 0 Å². The number of hydrogen-bond donors (Lipinski definition) is 0. The summed E-state index contributed by atoms with van der Waals surface area (Å²) in [5, 5.41) is 8.86. The maximum Gasteiger partial charge on any atom is 0.151 e. The van der Waals surface area contributed by atoms with Crippen LogP contribution in [0, 0.1) is 0 Å². The van der Waals surface area contributed by atoms with Crippen LogP contribution >= 0.6 is 0 Å². The van der Waals surface area contributed by atoms with Gasteiger partial charge in [0.05, 0.1) is 5.69 Å². The molecule has 0 radical (unpaired) electrons. The molecule has 0 N–H and O–H groups in total. The molecule has 0 bridgehead atoms. The Hall–Kier alpha value is -2.17. The molecule has 3 heterocycles. The first kappa shape index (κ1) is 16.7. The summed E-state index contributed by atoms with van der Waals surface area (Å²) in [6, 6.07) is 10.8. The quantitative estimate of drug-likeness (QED) is 0.866. The highest BCUT2D eigenvalue weighted by Crippen LogP contribution is 2.24. The Labute approximate surface area is 144 Å². The van der Waals surface area contributed by atoms with Gasteiger partial charge in [-0.05, 0) is 37.1 Å². The summed E-state index contributed by atoms with van der Waals surface area (Å²) in [4.78, 5) is 9.09. The van der Waals surface area contributed by atoms with E-state index in [1.807, 2.05) is 18.3 Å². The first-order chi connectivity index (χ1) is 11.4. The van der Waals surface area contributed by atoms with E-state index in [-0.39, 0.29) is 5.41 Å². The molecule has 0 amide bonds. The Balaban J connectivity index is 1.61. The Kier molecular flexibility index (Phi) is 4.69. The summed E-state index contributed by atoms with van der Waals surface area (Å²) >= 11 is 0. The number of aromatic nitrogens is 3. The minimum Gasteiger partial charge on any atom is -0.357 e. The van der Waals surface area contributed by atoms with Crippen LogP contribution in [0.15, 0.2) is 36.5 Å². The number of hydrogen-bond acceptors (Lipinski definition) is 5. The highest BCUT2D eigenvalue weighted by Gasteiger charge is 2.24. The van der Waals surface area contributed by atoms with Gasteiger partial charge >= 0.3 is 0 Å². The SMILES string of the molecule is CN(c1ccccn1)C1CCN(c2ccc(C(C)(C)C)nn2)CC1. The van der Waals surface area contributed by atoms with Gasteiger partial charge in [-0.15, -0.1) is 5.10 Å². The van der Waals surface area contributed by atoms with Crippen molar-refractivity contribution in [1.29, 1.82) is 0 Å². The minimum atomic E-state index is 0.0456. The second-order valence-electron chi connectivity index (χ2n) is 7.54. The van der Waals surface area contributed by atoms with Crippen LogP contribution in [0.1, 0.15) is 39.3 Å². The van der Waals surface area contributed by atoms with Crippen molar-refractivity contribution in [3.05, 3.63) is 42.2 Å². The van der Waals surface area contributed by atoms with Gasteiger partial charge in [0.15, 0.2) is 5.82 Å². The molecule has 2 aromatic heterocycles. The van der Waals surface area contributed by atoms with Crippen molar-refractivity contribution < 1.29 is 0 Å². The van der Waals surface area contributed by atoms with Gasteiger partial charge in [-0.3, -0.25) is 0 Å². The van der Waals surface area contributed by atoms with Crippen LogP contribution in [-0.4, -0.2) is 41.4 Å². The van der Waals surface area contributed by atoms with E-state index in [4.69, 9.17) is 0 Å². The molecule has 1 fully saturated rings. The number of rotatable bonds is 3. The lowest BCUT2D eigenvalue weighted by Crippen LogP contribution is -2.44. The highest BCUT2D eigenvalue weighted by atomic mass is 15.3. The maximum atomic E-state index is 4.45. The molecular formula is C19H27N5. The number of piperidine rings is 1. The van der Waals surface area contributed by atoms with E-state index in [0.29, 0.717) is 6.04 Å². The van der Waals surface area contributed by atoms with Crippen molar-refractivity contribution in [2.24, 2.45) is 0 Å². The van der Waals surface area contributed by atoms with Gasteiger partial charge in [-0.25, -0.2) is 4.98 Å². The predicted octanol–water partition coefficient (Wildman–Crippen LogP) is 3.27. The van der Waals surface area contributed by atoms with Crippen LogP contribution < -0.4 is 9.80 Å². The molecule has 1 saturated heterocycles. The highest BCUT2D eigenvalue weighted by molar-refractivity contribution is 5.41. The molecule has 5 nitrogen and oxygen atoms in total. The lowest BCUT2D eigenvalue weighted by molar-refractivity contribution is 0.476. The standard InChI is InChI=1S/C19H27N5/c1-19(2,3)16-8-9-18(22-21-16)24-13-10-15(11-14-24)23(4)17-7-5-6-12-20-17/h5-9,12,15H,10-11,13-14H2,1-4H3. The fraction of sp³-hybridized carbons (Fsp3) is 0.526. The predicted molar refractivity (Wildman–Crippen MR) is 98.6 cm³/mol. The molecule has 0 spiro atoms. The zero-order chi connectivity index (χ0) is 17.2. The van der Waals surface area contributed by atoms with Gasteiger partial charge in [0.1, 0.15) is 5.82 Å². The molecule has 5 heteroatoms. The molecule has 1 aliphatic rings. The number of pyridine rings is 1. The molecule has 0 aromatic carbocycles. The van der Waals surface area contributed by atoms with Crippen LogP contribution in [-0.2, 0) is 5.41 Å². The Morgan fingerprint density at radius 2 is 1.79 bits per heavy atom. The Bertz CT molecular complexity index is 640. The summed E-state index contributed by atoms with van der Waals surface area (Å²) < 4.78 is 0. The van der Waals surface area contributed by atoms with Gasteiger partial charge in [0.2, 0.25) is 0 Å². The summed E-state index contributed by atoms with van der Waals surface area (Å²) in [5.41, 5.74) is 1.08. The van der Waals surface area contributed by atoms with Gasteiger partial charge < -0.3 is 9.80 Å². The topological polar surface area (TPSA) is 45.2 Å². The Morgan fingerprint density at radius 1 is 1.04 bits per heavy atom. The third-order valence-electron chi connectivity index (χ3n) is 4.77. The van der Waals surface area contributed by atoms with Crippen LogP contribution in [0.4, 0.5) is 11.6 Å². The van der Waals surface area contributed by atoms with Gasteiger partial charge in [-0.2, -0.15) is 5.10 Å². The van der Waals surface area contributed by atoms with Crippen LogP contribution in [0.3, 0.4) is 0 Å². The molecule has 128 valence electrons. The van der Waals surface area contributed by atoms with E-state index in [0.717, 1.165) is 43.3 Å². The maximum absolute atomic E-state index is 4.45. The van der Waals surface area contributed by atoms with Crippen LogP contribution in [0.2, 0.25) is 0 Å². The third-order valence-corrected chi connectivity index (χ3v) is 4.77.